The van der Waals surface area contributed by atoms with Crippen molar-refractivity contribution in [3.8, 4) is 0 Å². The van der Waals surface area contributed by atoms with Crippen LogP contribution in [0.4, 0.5) is 0 Å². The molecular weight excluding hydrogens is 827 g/mol. The number of ether oxygens (including phenoxy) is 1. The van der Waals surface area contributed by atoms with E-state index < -0.39 is 7.26 Å². The van der Waals surface area contributed by atoms with Crippen molar-refractivity contribution in [3.05, 3.63) is 157 Å². The molecule has 0 spiro atoms. The van der Waals surface area contributed by atoms with E-state index in [0.717, 1.165) is 16.0 Å². The summed E-state index contributed by atoms with van der Waals surface area (Å²) in [4.78, 5) is 0.817. The predicted octanol–water partition coefficient (Wildman–Crippen LogP) is 2.67. The Hall–Kier alpha value is -3.44. The zero-order valence-corrected chi connectivity index (χ0v) is 33.5. The Morgan fingerprint density at radius 1 is 0.608 bits per heavy atom. The van der Waals surface area contributed by atoms with Crippen LogP contribution in [0.25, 0.3) is 0 Å². The van der Waals surface area contributed by atoms with Crippen LogP contribution in [0, 0.1) is 0 Å². The van der Waals surface area contributed by atoms with Gasteiger partial charge in [0.25, 0.3) is 0 Å². The largest absolute Gasteiger partial charge is 2.00 e. The molecule has 265 valence electrons. The van der Waals surface area contributed by atoms with Gasteiger partial charge in [-0.25, -0.2) is 0 Å². The number of nitrogens with one attached hydrogen (secondary N) is 2. The van der Waals surface area contributed by atoms with Crippen LogP contribution in [0.2, 0.25) is 0 Å². The summed E-state index contributed by atoms with van der Waals surface area (Å²) in [6.45, 7) is 0.870. The minimum atomic E-state index is -2.11. The van der Waals surface area contributed by atoms with E-state index in [0.29, 0.717) is 30.9 Å². The van der Waals surface area contributed by atoms with Crippen LogP contribution in [-0.2, 0) is 47.1 Å². The van der Waals surface area contributed by atoms with Crippen molar-refractivity contribution in [1.29, 1.82) is 0 Å². The molecule has 0 atom stereocenters. The summed E-state index contributed by atoms with van der Waals surface area (Å²) >= 11 is 15.2. The van der Waals surface area contributed by atoms with E-state index in [2.05, 4.69) is 116 Å². The van der Waals surface area contributed by atoms with E-state index in [4.69, 9.17) is 30.0 Å². The van der Waals surface area contributed by atoms with E-state index in [-0.39, 0.29) is 44.4 Å². The SMILES string of the molecule is CNC([S-])=NN=C(C(=NN=C([S-])NCCOC[P+](c1ccccc1)(c1ccccc1)c1ccccc1)c1ccccc1)c1ccc(S)cc1.[Br-].[Cu+2]. The maximum Gasteiger partial charge on any atom is 2.00 e. The third-order valence-electron chi connectivity index (χ3n) is 7.51. The Morgan fingerprint density at radius 3 is 1.47 bits per heavy atom. The molecule has 0 fully saturated rings. The minimum Gasteiger partial charge on any atom is -1.00 e. The number of rotatable bonds is 13. The third-order valence-corrected chi connectivity index (χ3v) is 12.4. The van der Waals surface area contributed by atoms with E-state index in [9.17, 15) is 0 Å². The van der Waals surface area contributed by atoms with E-state index in [1.807, 2.05) is 72.8 Å². The zero-order valence-electron chi connectivity index (χ0n) is 27.6. The Balaban J connectivity index is 0.00000351. The summed E-state index contributed by atoms with van der Waals surface area (Å²) in [6.07, 6.45) is 0.538. The first kappa shape index (κ1) is 42.0. The van der Waals surface area contributed by atoms with Crippen molar-refractivity contribution in [3.63, 3.8) is 0 Å². The summed E-state index contributed by atoms with van der Waals surface area (Å²) < 4.78 is 6.47. The first-order valence-electron chi connectivity index (χ1n) is 15.6. The molecule has 0 unspecified atom stereocenters. The molecule has 2 N–H and O–H groups in total. The second-order valence-electron chi connectivity index (χ2n) is 10.7. The van der Waals surface area contributed by atoms with Gasteiger partial charge in [0.2, 0.25) is 0 Å². The normalized spacial score (nSPS) is 12.4. The predicted molar refractivity (Wildman–Crippen MR) is 216 cm³/mol. The molecule has 7 nitrogen and oxygen atoms in total. The van der Waals surface area contributed by atoms with Crippen LogP contribution >= 0.6 is 19.9 Å². The smallest absolute Gasteiger partial charge is 1.00 e. The van der Waals surface area contributed by atoms with Gasteiger partial charge in [-0.1, -0.05) is 97.1 Å². The molecule has 0 aliphatic heterocycles. The summed E-state index contributed by atoms with van der Waals surface area (Å²) in [5.74, 6) is 0. The van der Waals surface area contributed by atoms with E-state index >= 15 is 0 Å². The van der Waals surface area contributed by atoms with Gasteiger partial charge in [0.15, 0.2) is 6.35 Å². The molecule has 0 aliphatic rings. The maximum atomic E-state index is 6.47. The minimum absolute atomic E-state index is 0. The van der Waals surface area contributed by atoms with Crippen molar-refractivity contribution in [2.24, 2.45) is 20.4 Å². The fraction of sp³-hybridized carbons (Fsp3) is 0.105. The topological polar surface area (TPSA) is 82.7 Å². The first-order chi connectivity index (χ1) is 24.0. The number of hydrogen-bond acceptors (Lipinski definition) is 8. The van der Waals surface area contributed by atoms with Gasteiger partial charge in [-0.2, -0.15) is 10.2 Å². The van der Waals surface area contributed by atoms with Crippen molar-refractivity contribution in [2.45, 2.75) is 4.90 Å². The second-order valence-corrected chi connectivity index (χ2v) is 15.4. The average Bonchev–Trinajstić information content (AvgIpc) is 3.16. The Morgan fingerprint density at radius 2 is 1.02 bits per heavy atom. The standard InChI is InChI=1S/C38H37N6OPS3.BrH.Cu/c1-39-37(48)43-41-36(30-22-24-34(47)25-23-30)35(29-14-6-2-7-15-29)42-44-38(49)40-26-27-45-28-46(31-16-8-3-9-17-31,32-18-10-4-11-19-32)33-20-12-5-13-21-33;;/h2-25H,26-28H2,1H3,(H4-,39,40,41,42,43,44,47,48,49);1H;/q;;+2/p-2. The monoisotopic (exact) mass is 861 g/mol. The van der Waals surface area contributed by atoms with Crippen molar-refractivity contribution >= 4 is 82.8 Å². The van der Waals surface area contributed by atoms with Gasteiger partial charge in [0.1, 0.15) is 34.6 Å². The van der Waals surface area contributed by atoms with Crippen molar-refractivity contribution < 1.29 is 38.8 Å². The fourth-order valence-electron chi connectivity index (χ4n) is 5.12. The van der Waals surface area contributed by atoms with Crippen molar-refractivity contribution in [2.75, 3.05) is 26.5 Å². The molecular formula is C38H36BrCuN6OPS3. The van der Waals surface area contributed by atoms with Crippen LogP contribution in [0.5, 0.6) is 0 Å². The summed E-state index contributed by atoms with van der Waals surface area (Å²) in [5.41, 5.74) is 2.53. The van der Waals surface area contributed by atoms with Crippen LogP contribution in [-0.4, -0.2) is 48.3 Å². The number of benzene rings is 5. The fourth-order valence-corrected chi connectivity index (χ4v) is 9.25. The molecule has 1 radical (unpaired) electrons. The van der Waals surface area contributed by atoms with Gasteiger partial charge in [0, 0.05) is 29.6 Å². The summed E-state index contributed by atoms with van der Waals surface area (Å²) in [7, 11) is -0.412. The van der Waals surface area contributed by atoms with Gasteiger partial charge < -0.3 is 57.6 Å². The number of thiol groups is 1. The quantitative estimate of drug-likeness (QED) is 0.0248. The first-order valence-corrected chi connectivity index (χ1v) is 18.8. The van der Waals surface area contributed by atoms with E-state index in [1.165, 1.54) is 15.9 Å². The van der Waals surface area contributed by atoms with Gasteiger partial charge >= 0.3 is 17.1 Å². The van der Waals surface area contributed by atoms with Crippen LogP contribution in [0.15, 0.2) is 171 Å². The van der Waals surface area contributed by atoms with Gasteiger partial charge in [-0.15, -0.1) is 22.8 Å². The second kappa shape index (κ2) is 21.8. The van der Waals surface area contributed by atoms with Crippen LogP contribution in [0.3, 0.4) is 0 Å². The molecule has 0 amide bonds. The molecule has 0 saturated heterocycles. The average molecular weight is 863 g/mol. The van der Waals surface area contributed by atoms with E-state index in [1.54, 1.807) is 7.05 Å². The molecule has 5 aromatic rings. The molecule has 0 aliphatic carbocycles. The molecule has 0 saturated carbocycles. The number of nitrogens with zero attached hydrogens (tertiary/aromatic N) is 4. The number of amidine groups is 2. The zero-order chi connectivity index (χ0) is 34.3. The van der Waals surface area contributed by atoms with Crippen LogP contribution < -0.4 is 43.5 Å². The molecule has 5 rings (SSSR count). The Bertz CT molecular complexity index is 1810. The van der Waals surface area contributed by atoms with Crippen LogP contribution in [0.1, 0.15) is 11.1 Å². The molecule has 0 bridgehead atoms. The van der Waals surface area contributed by atoms with Gasteiger partial charge in [-0.3, -0.25) is 0 Å². The van der Waals surface area contributed by atoms with Crippen molar-refractivity contribution in [1.82, 2.24) is 10.6 Å². The van der Waals surface area contributed by atoms with Gasteiger partial charge in [0.05, 0.1) is 6.61 Å². The Kier molecular flexibility index (Phi) is 18.0. The van der Waals surface area contributed by atoms with Gasteiger partial charge in [-0.05, 0) is 58.9 Å². The Labute approximate surface area is 338 Å². The summed E-state index contributed by atoms with van der Waals surface area (Å²) in [6, 6.07) is 49.1. The molecule has 0 heterocycles. The molecule has 0 aromatic heterocycles. The number of hydrogen-bond donors (Lipinski definition) is 3. The maximum absolute atomic E-state index is 6.47. The molecule has 5 aromatic carbocycles. The third kappa shape index (κ3) is 11.5. The molecule has 51 heavy (non-hydrogen) atoms. The molecule has 13 heteroatoms. The summed E-state index contributed by atoms with van der Waals surface area (Å²) in [5, 5.41) is 27.9. The number of halogens is 1.